The predicted octanol–water partition coefficient (Wildman–Crippen LogP) is 2.96. The van der Waals surface area contributed by atoms with Crippen molar-refractivity contribution in [2.24, 2.45) is 0 Å². The van der Waals surface area contributed by atoms with Gasteiger partial charge in [0, 0.05) is 50.6 Å². The fraction of sp³-hybridized carbons (Fsp3) is 0.476. The molecule has 0 aliphatic carbocycles. The summed E-state index contributed by atoms with van der Waals surface area (Å²) in [5.41, 5.74) is 1.20. The summed E-state index contributed by atoms with van der Waals surface area (Å²) in [5, 5.41) is 0. The Kier molecular flexibility index (Phi) is 7.42. The number of ether oxygens (including phenoxy) is 1. The highest BCUT2D eigenvalue weighted by atomic mass is 32.2. The van der Waals surface area contributed by atoms with Gasteiger partial charge in [0.1, 0.15) is 0 Å². The van der Waals surface area contributed by atoms with Gasteiger partial charge in [-0.2, -0.15) is 0 Å². The van der Waals surface area contributed by atoms with E-state index in [0.717, 1.165) is 42.3 Å². The Morgan fingerprint density at radius 2 is 2.18 bits per heavy atom. The maximum Gasteiger partial charge on any atom is 0.237 e. The van der Waals surface area contributed by atoms with E-state index in [1.807, 2.05) is 24.0 Å². The smallest absolute Gasteiger partial charge is 0.237 e. The predicted molar refractivity (Wildman–Crippen MR) is 114 cm³/mol. The van der Waals surface area contributed by atoms with E-state index in [4.69, 9.17) is 4.74 Å². The Hall–Kier alpha value is -1.96. The molecule has 150 valence electrons. The van der Waals surface area contributed by atoms with Crippen molar-refractivity contribution in [1.29, 1.82) is 0 Å². The minimum atomic E-state index is 0.192. The first-order valence-electron chi connectivity index (χ1n) is 9.63. The molecule has 1 unspecified atom stereocenters. The van der Waals surface area contributed by atoms with E-state index in [2.05, 4.69) is 27.5 Å². The van der Waals surface area contributed by atoms with E-state index in [-0.39, 0.29) is 12.0 Å². The molecule has 1 amide bonds. The Morgan fingerprint density at radius 1 is 1.39 bits per heavy atom. The quantitative estimate of drug-likeness (QED) is 0.701. The molecule has 6 nitrogen and oxygen atoms in total. The molecule has 0 bridgehead atoms. The van der Waals surface area contributed by atoms with E-state index in [1.165, 1.54) is 5.57 Å². The number of carbonyl (C=O) groups is 1. The van der Waals surface area contributed by atoms with Crippen molar-refractivity contribution in [3.8, 4) is 0 Å². The molecular weight excluding hydrogens is 372 g/mol. The summed E-state index contributed by atoms with van der Waals surface area (Å²) in [5.74, 6) is 0.904. The number of rotatable bonds is 7. The van der Waals surface area contributed by atoms with Crippen molar-refractivity contribution >= 4 is 22.6 Å². The first kappa shape index (κ1) is 20.8. The molecule has 0 spiro atoms. The van der Waals surface area contributed by atoms with Gasteiger partial charge < -0.3 is 9.64 Å². The van der Waals surface area contributed by atoms with E-state index in [9.17, 15) is 4.79 Å². The van der Waals surface area contributed by atoms with Crippen LogP contribution in [0.5, 0.6) is 0 Å². The number of hydrogen-bond acceptors (Lipinski definition) is 6. The molecule has 3 rings (SSSR count). The van der Waals surface area contributed by atoms with Crippen molar-refractivity contribution in [2.45, 2.75) is 25.9 Å². The van der Waals surface area contributed by atoms with Crippen molar-refractivity contribution in [2.75, 3.05) is 39.8 Å². The number of carbonyl (C=O) groups excluding carboxylic acids is 1. The molecule has 0 aromatic carbocycles. The highest BCUT2D eigenvalue weighted by Gasteiger charge is 2.26. The summed E-state index contributed by atoms with van der Waals surface area (Å²) in [6.45, 7) is 9.85. The molecule has 1 atom stereocenters. The Morgan fingerprint density at radius 3 is 2.79 bits per heavy atom. The van der Waals surface area contributed by atoms with Crippen LogP contribution in [-0.2, 0) is 9.53 Å². The van der Waals surface area contributed by atoms with Gasteiger partial charge in [0.05, 0.1) is 17.6 Å². The van der Waals surface area contributed by atoms with Gasteiger partial charge in [-0.15, -0.1) is 0 Å². The third-order valence-electron chi connectivity index (χ3n) is 5.12. The van der Waals surface area contributed by atoms with Gasteiger partial charge >= 0.3 is 0 Å². The first-order chi connectivity index (χ1) is 13.6. The van der Waals surface area contributed by atoms with Gasteiger partial charge in [0.25, 0.3) is 0 Å². The molecule has 2 aliphatic rings. The van der Waals surface area contributed by atoms with Gasteiger partial charge in [-0.3, -0.25) is 9.69 Å². The summed E-state index contributed by atoms with van der Waals surface area (Å²) in [6.07, 6.45) is 9.71. The zero-order valence-corrected chi connectivity index (χ0v) is 17.5. The van der Waals surface area contributed by atoms with Crippen LogP contribution in [0.25, 0.3) is 4.91 Å². The zero-order valence-electron chi connectivity index (χ0n) is 16.6. The Balaban J connectivity index is 1.51. The van der Waals surface area contributed by atoms with Crippen molar-refractivity contribution < 1.29 is 9.53 Å². The minimum Gasteiger partial charge on any atom is -0.380 e. The third-order valence-corrected chi connectivity index (χ3v) is 6.27. The van der Waals surface area contributed by atoms with Crippen molar-refractivity contribution in [1.82, 2.24) is 19.8 Å². The van der Waals surface area contributed by atoms with Crippen LogP contribution in [-0.4, -0.2) is 71.6 Å². The van der Waals surface area contributed by atoms with E-state index in [0.29, 0.717) is 18.9 Å². The molecule has 0 N–H and O–H groups in total. The standard InChI is InChI=1S/C21H28N4O2S/c1-4-19(21-22-9-5-10-23-21)28-16(2)17-6-12-25(13-7-17)20(26)15-24-11-8-18(14-24)27-3/h4-6,9-10,18H,2,7-8,11-15H2,1,3H3/b19-4-. The SMILES string of the molecule is C=C(S/C(=C\C)c1ncccn1)C1=CCN(C(=O)CN2CCC(OC)C2)CC1. The van der Waals surface area contributed by atoms with Crippen LogP contribution in [0.15, 0.2) is 47.7 Å². The molecule has 7 heteroatoms. The van der Waals surface area contributed by atoms with E-state index in [1.54, 1.807) is 31.3 Å². The van der Waals surface area contributed by atoms with Crippen LogP contribution in [0.1, 0.15) is 25.6 Å². The zero-order chi connectivity index (χ0) is 19.9. The average molecular weight is 401 g/mol. The molecule has 1 aromatic rings. The summed E-state index contributed by atoms with van der Waals surface area (Å²) >= 11 is 1.59. The lowest BCUT2D eigenvalue weighted by atomic mass is 10.1. The number of amides is 1. The number of thioether (sulfide) groups is 1. The van der Waals surface area contributed by atoms with Crippen LogP contribution in [0.3, 0.4) is 0 Å². The molecule has 0 saturated carbocycles. The number of hydrogen-bond donors (Lipinski definition) is 0. The molecule has 0 radical (unpaired) electrons. The van der Waals surface area contributed by atoms with Gasteiger partial charge in [-0.25, -0.2) is 9.97 Å². The number of allylic oxidation sites excluding steroid dienone is 2. The first-order valence-corrected chi connectivity index (χ1v) is 10.4. The maximum absolute atomic E-state index is 12.6. The second-order valence-electron chi connectivity index (χ2n) is 6.95. The highest BCUT2D eigenvalue weighted by Crippen LogP contribution is 2.36. The Bertz CT molecular complexity index is 763. The lowest BCUT2D eigenvalue weighted by Crippen LogP contribution is -2.42. The lowest BCUT2D eigenvalue weighted by Gasteiger charge is -2.29. The molecule has 28 heavy (non-hydrogen) atoms. The normalized spacial score (nSPS) is 20.9. The molecule has 3 heterocycles. The summed E-state index contributed by atoms with van der Waals surface area (Å²) in [4.78, 5) is 27.3. The number of aromatic nitrogens is 2. The Labute approximate surface area is 171 Å². The molecule has 1 aromatic heterocycles. The minimum absolute atomic E-state index is 0.192. The van der Waals surface area contributed by atoms with Gasteiger partial charge in [-0.1, -0.05) is 30.5 Å². The maximum atomic E-state index is 12.6. The highest BCUT2D eigenvalue weighted by molar-refractivity contribution is 8.11. The molecule has 1 saturated heterocycles. The van der Waals surface area contributed by atoms with Crippen LogP contribution < -0.4 is 0 Å². The van der Waals surface area contributed by atoms with Gasteiger partial charge in [0.15, 0.2) is 5.82 Å². The molecule has 2 aliphatic heterocycles. The average Bonchev–Trinajstić information content (AvgIpc) is 3.20. The van der Waals surface area contributed by atoms with Crippen molar-refractivity contribution in [3.63, 3.8) is 0 Å². The van der Waals surface area contributed by atoms with E-state index >= 15 is 0 Å². The molecule has 1 fully saturated rings. The van der Waals surface area contributed by atoms with Crippen LogP contribution in [0.2, 0.25) is 0 Å². The lowest BCUT2D eigenvalue weighted by molar-refractivity contribution is -0.131. The monoisotopic (exact) mass is 400 g/mol. The fourth-order valence-corrected chi connectivity index (χ4v) is 4.33. The molecular formula is C21H28N4O2S. The summed E-state index contributed by atoms with van der Waals surface area (Å²) in [6, 6.07) is 1.81. The van der Waals surface area contributed by atoms with Gasteiger partial charge in [0.2, 0.25) is 5.91 Å². The van der Waals surface area contributed by atoms with Crippen molar-refractivity contribution in [3.05, 3.63) is 53.5 Å². The number of likely N-dealkylation sites (tertiary alicyclic amines) is 1. The van der Waals surface area contributed by atoms with Gasteiger partial charge in [-0.05, 0) is 31.4 Å². The summed E-state index contributed by atoms with van der Waals surface area (Å²) < 4.78 is 5.38. The number of nitrogens with zero attached hydrogens (tertiary/aromatic N) is 4. The topological polar surface area (TPSA) is 58.6 Å². The largest absolute Gasteiger partial charge is 0.380 e. The van der Waals surface area contributed by atoms with Crippen LogP contribution in [0, 0.1) is 0 Å². The van der Waals surface area contributed by atoms with Crippen LogP contribution in [0.4, 0.5) is 0 Å². The van der Waals surface area contributed by atoms with Crippen LogP contribution >= 0.6 is 11.8 Å². The third kappa shape index (κ3) is 5.31. The second-order valence-corrected chi connectivity index (χ2v) is 8.09. The second kappa shape index (κ2) is 10.0. The van der Waals surface area contributed by atoms with E-state index < -0.39 is 0 Å². The number of methoxy groups -OCH3 is 1. The fourth-order valence-electron chi connectivity index (χ4n) is 3.43. The summed E-state index contributed by atoms with van der Waals surface area (Å²) in [7, 11) is 1.74.